The quantitative estimate of drug-likeness (QED) is 0.344. The van der Waals surface area contributed by atoms with Crippen molar-refractivity contribution in [2.75, 3.05) is 44.3 Å². The van der Waals surface area contributed by atoms with Crippen LogP contribution in [-0.2, 0) is 12.7 Å². The van der Waals surface area contributed by atoms with Crippen molar-refractivity contribution < 1.29 is 18.0 Å². The first-order valence-electron chi connectivity index (χ1n) is 13.4. The van der Waals surface area contributed by atoms with Gasteiger partial charge in [0.1, 0.15) is 17.8 Å². The normalized spacial score (nSPS) is 14.6. The molecule has 1 saturated heterocycles. The van der Waals surface area contributed by atoms with Gasteiger partial charge < -0.3 is 16.0 Å². The van der Waals surface area contributed by atoms with E-state index in [0.717, 1.165) is 19.2 Å². The molecule has 4 heterocycles. The van der Waals surface area contributed by atoms with Crippen molar-refractivity contribution in [2.45, 2.75) is 32.6 Å². The van der Waals surface area contributed by atoms with E-state index in [4.69, 9.17) is 5.73 Å². The highest BCUT2D eigenvalue weighted by atomic mass is 19.4. The number of nitrogens with zero attached hydrogens (tertiary/aromatic N) is 7. The van der Waals surface area contributed by atoms with E-state index >= 15 is 0 Å². The molecule has 0 bridgehead atoms. The number of alkyl halides is 3. The molecule has 0 atom stereocenters. The van der Waals surface area contributed by atoms with Crippen molar-refractivity contribution in [3.8, 4) is 11.8 Å². The molecule has 0 saturated carbocycles. The van der Waals surface area contributed by atoms with Gasteiger partial charge in [0.05, 0.1) is 16.5 Å². The molecule has 0 spiro atoms. The Kier molecular flexibility index (Phi) is 8.11. The summed E-state index contributed by atoms with van der Waals surface area (Å²) in [6.45, 7) is 7.06. The molecule has 3 aromatic heterocycles. The Balaban J connectivity index is 1.36. The first-order valence-corrected chi connectivity index (χ1v) is 13.4. The van der Waals surface area contributed by atoms with Gasteiger partial charge in [-0.15, -0.1) is 0 Å². The van der Waals surface area contributed by atoms with Crippen LogP contribution in [0.15, 0.2) is 43.0 Å². The predicted molar refractivity (Wildman–Crippen MR) is 153 cm³/mol. The van der Waals surface area contributed by atoms with Gasteiger partial charge >= 0.3 is 6.18 Å². The summed E-state index contributed by atoms with van der Waals surface area (Å²) < 4.78 is 43.6. The Morgan fingerprint density at radius 1 is 1.10 bits per heavy atom. The minimum absolute atomic E-state index is 0.00440. The fourth-order valence-electron chi connectivity index (χ4n) is 4.71. The number of nitrogens with two attached hydrogens (primary N) is 1. The maximum Gasteiger partial charge on any atom is 0.416 e. The SMILES string of the molecule is CC(C)n1nc(C#Cc2cncc(C(=O)Nc3ccc(CN4CCN(C)CC4)c(C(F)(F)F)c3)c2)c2c(N)ncnc21. The summed E-state index contributed by atoms with van der Waals surface area (Å²) in [7, 11) is 1.99. The Morgan fingerprint density at radius 2 is 1.86 bits per heavy atom. The zero-order valence-corrected chi connectivity index (χ0v) is 23.4. The van der Waals surface area contributed by atoms with Crippen molar-refractivity contribution in [2.24, 2.45) is 0 Å². The number of carbonyl (C=O) groups excluding carboxylic acids is 1. The molecule has 1 fully saturated rings. The van der Waals surface area contributed by atoms with Gasteiger partial charge in [-0.2, -0.15) is 18.3 Å². The van der Waals surface area contributed by atoms with Gasteiger partial charge in [-0.05, 0) is 50.6 Å². The summed E-state index contributed by atoms with van der Waals surface area (Å²) >= 11 is 0. The Morgan fingerprint density at radius 3 is 2.57 bits per heavy atom. The Labute approximate surface area is 240 Å². The number of hydrogen-bond acceptors (Lipinski definition) is 8. The summed E-state index contributed by atoms with van der Waals surface area (Å²) in [5, 5.41) is 7.60. The number of nitrogen functional groups attached to an aromatic ring is 1. The monoisotopic (exact) mass is 577 g/mol. The van der Waals surface area contributed by atoms with E-state index in [-0.39, 0.29) is 35.2 Å². The first-order chi connectivity index (χ1) is 20.0. The number of pyridine rings is 1. The summed E-state index contributed by atoms with van der Waals surface area (Å²) in [5.41, 5.74) is 6.97. The molecule has 5 rings (SSSR count). The van der Waals surface area contributed by atoms with Crippen LogP contribution >= 0.6 is 0 Å². The van der Waals surface area contributed by atoms with Gasteiger partial charge in [-0.1, -0.05) is 12.0 Å². The van der Waals surface area contributed by atoms with Crippen LogP contribution in [0.4, 0.5) is 24.7 Å². The third-order valence-electron chi connectivity index (χ3n) is 7.00. The van der Waals surface area contributed by atoms with Crippen LogP contribution in [-0.4, -0.2) is 73.7 Å². The number of nitrogens with one attached hydrogen (secondary N) is 1. The number of anilines is 2. The van der Waals surface area contributed by atoms with Crippen LogP contribution in [0.3, 0.4) is 0 Å². The summed E-state index contributed by atoms with van der Waals surface area (Å²) in [6.07, 6.45) is -0.414. The second-order valence-electron chi connectivity index (χ2n) is 10.5. The zero-order chi connectivity index (χ0) is 30.0. The Bertz CT molecular complexity index is 1680. The van der Waals surface area contributed by atoms with E-state index in [1.165, 1.54) is 36.9 Å². The van der Waals surface area contributed by atoms with Crippen LogP contribution in [0.25, 0.3) is 11.0 Å². The topological polar surface area (TPSA) is 118 Å². The number of halogens is 3. The Hall–Kier alpha value is -4.54. The lowest BCUT2D eigenvalue weighted by Gasteiger charge is -2.33. The molecule has 0 unspecified atom stereocenters. The molecular weight excluding hydrogens is 547 g/mol. The van der Waals surface area contributed by atoms with Gasteiger partial charge in [0.25, 0.3) is 5.91 Å². The minimum atomic E-state index is -4.57. The number of amides is 1. The average molecular weight is 578 g/mol. The van der Waals surface area contributed by atoms with Crippen LogP contribution in [0.1, 0.15) is 52.6 Å². The predicted octanol–water partition coefficient (Wildman–Crippen LogP) is 3.80. The van der Waals surface area contributed by atoms with E-state index in [1.54, 1.807) is 4.68 Å². The van der Waals surface area contributed by atoms with Gasteiger partial charge in [0.15, 0.2) is 5.65 Å². The average Bonchev–Trinajstić information content (AvgIpc) is 3.34. The lowest BCUT2D eigenvalue weighted by atomic mass is 10.0. The van der Waals surface area contributed by atoms with Crippen molar-refractivity contribution in [1.82, 2.24) is 34.5 Å². The lowest BCUT2D eigenvalue weighted by Crippen LogP contribution is -2.44. The van der Waals surface area contributed by atoms with Crippen LogP contribution in [0, 0.1) is 11.8 Å². The highest BCUT2D eigenvalue weighted by molar-refractivity contribution is 6.04. The second kappa shape index (κ2) is 11.8. The van der Waals surface area contributed by atoms with Crippen LogP contribution < -0.4 is 11.1 Å². The molecule has 10 nitrogen and oxygen atoms in total. The standard InChI is InChI=1S/C29H30F3N9O/c1-18(2)41-27-25(26(33)35-17-36-27)24(38-41)7-4-19-12-21(15-34-14-19)28(42)37-22-6-5-20(23(13-22)29(30,31)32)16-40-10-8-39(3)9-11-40/h5-6,12-15,17-18H,8-11,16H2,1-3H3,(H,37,42)(H2,33,35,36). The van der Waals surface area contributed by atoms with E-state index in [9.17, 15) is 18.0 Å². The summed E-state index contributed by atoms with van der Waals surface area (Å²) in [4.78, 5) is 29.5. The number of piperazine rings is 1. The third kappa shape index (κ3) is 6.35. The molecule has 0 aliphatic carbocycles. The fourth-order valence-corrected chi connectivity index (χ4v) is 4.71. The number of carbonyl (C=O) groups is 1. The maximum absolute atomic E-state index is 14.0. The van der Waals surface area contributed by atoms with Gasteiger partial charge in [0.2, 0.25) is 0 Å². The molecule has 4 aromatic rings. The summed E-state index contributed by atoms with van der Waals surface area (Å²) in [5.74, 6) is 5.52. The number of aromatic nitrogens is 5. The molecule has 1 aliphatic heterocycles. The van der Waals surface area contributed by atoms with E-state index in [0.29, 0.717) is 35.4 Å². The minimum Gasteiger partial charge on any atom is -0.383 e. The number of fused-ring (bicyclic) bond motifs is 1. The van der Waals surface area contributed by atoms with Crippen LogP contribution in [0.2, 0.25) is 0 Å². The van der Waals surface area contributed by atoms with Crippen molar-refractivity contribution >= 4 is 28.4 Å². The molecule has 0 radical (unpaired) electrons. The molecule has 3 N–H and O–H groups in total. The number of likely N-dealkylation sites (N-methyl/N-ethyl adjacent to an activating group) is 1. The van der Waals surface area contributed by atoms with Crippen LogP contribution in [0.5, 0.6) is 0 Å². The zero-order valence-electron chi connectivity index (χ0n) is 23.4. The maximum atomic E-state index is 14.0. The number of hydrogen-bond donors (Lipinski definition) is 2. The first kappa shape index (κ1) is 29.0. The van der Waals surface area contributed by atoms with Crippen molar-refractivity contribution in [3.05, 3.63) is 70.9 Å². The smallest absolute Gasteiger partial charge is 0.383 e. The van der Waals surface area contributed by atoms with E-state index in [1.807, 2.05) is 25.8 Å². The molecule has 218 valence electrons. The summed E-state index contributed by atoms with van der Waals surface area (Å²) in [6, 6.07) is 5.39. The molecule has 13 heteroatoms. The van der Waals surface area contributed by atoms with E-state index in [2.05, 4.69) is 42.1 Å². The lowest BCUT2D eigenvalue weighted by molar-refractivity contribution is -0.138. The molecular formula is C29H30F3N9O. The number of rotatable bonds is 5. The molecule has 1 aromatic carbocycles. The molecule has 1 aliphatic rings. The third-order valence-corrected chi connectivity index (χ3v) is 7.00. The van der Waals surface area contributed by atoms with Gasteiger partial charge in [-0.25, -0.2) is 14.6 Å². The largest absolute Gasteiger partial charge is 0.416 e. The molecule has 1 amide bonds. The second-order valence-corrected chi connectivity index (χ2v) is 10.5. The van der Waals surface area contributed by atoms with E-state index < -0.39 is 17.6 Å². The molecule has 42 heavy (non-hydrogen) atoms. The van der Waals surface area contributed by atoms with Gasteiger partial charge in [-0.3, -0.25) is 14.7 Å². The van der Waals surface area contributed by atoms with Gasteiger partial charge in [0, 0.05) is 62.4 Å². The highest BCUT2D eigenvalue weighted by Gasteiger charge is 2.34. The number of benzene rings is 1. The van der Waals surface area contributed by atoms with Crippen molar-refractivity contribution in [3.63, 3.8) is 0 Å². The van der Waals surface area contributed by atoms with Crippen molar-refractivity contribution in [1.29, 1.82) is 0 Å². The highest BCUT2D eigenvalue weighted by Crippen LogP contribution is 2.35. The fraction of sp³-hybridized carbons (Fsp3) is 0.345.